The Morgan fingerprint density at radius 2 is 2.20 bits per heavy atom. The van der Waals surface area contributed by atoms with Gasteiger partial charge in [-0.3, -0.25) is 4.79 Å². The summed E-state index contributed by atoms with van der Waals surface area (Å²) in [5.74, 6) is 0.355. The zero-order valence-electron chi connectivity index (χ0n) is 11.7. The predicted octanol–water partition coefficient (Wildman–Crippen LogP) is 3.88. The van der Waals surface area contributed by atoms with Crippen molar-refractivity contribution < 1.29 is 4.79 Å². The SMILES string of the molecule is CC(=O)Nc1cccc([C@@H](C)NCC[C@@H]2CC2(Cl)Cl)c1. The van der Waals surface area contributed by atoms with Gasteiger partial charge in [0.25, 0.3) is 0 Å². The van der Waals surface area contributed by atoms with E-state index in [0.717, 1.165) is 30.6 Å². The fourth-order valence-electron chi connectivity index (χ4n) is 2.26. The molecule has 110 valence electrons. The van der Waals surface area contributed by atoms with Gasteiger partial charge in [-0.2, -0.15) is 0 Å². The quantitative estimate of drug-likeness (QED) is 0.782. The van der Waals surface area contributed by atoms with Crippen molar-refractivity contribution in [3.63, 3.8) is 0 Å². The molecule has 0 aliphatic heterocycles. The topological polar surface area (TPSA) is 41.1 Å². The van der Waals surface area contributed by atoms with Gasteiger partial charge in [0.2, 0.25) is 5.91 Å². The monoisotopic (exact) mass is 314 g/mol. The summed E-state index contributed by atoms with van der Waals surface area (Å²) in [6.45, 7) is 4.50. The smallest absolute Gasteiger partial charge is 0.221 e. The van der Waals surface area contributed by atoms with Gasteiger partial charge in [-0.05, 0) is 49.9 Å². The minimum atomic E-state index is -0.490. The highest BCUT2D eigenvalue weighted by Crippen LogP contribution is 2.54. The summed E-state index contributed by atoms with van der Waals surface area (Å²) in [4.78, 5) is 11.1. The van der Waals surface area contributed by atoms with Gasteiger partial charge < -0.3 is 10.6 Å². The van der Waals surface area contributed by atoms with E-state index in [0.29, 0.717) is 5.92 Å². The highest BCUT2D eigenvalue weighted by atomic mass is 35.5. The maximum Gasteiger partial charge on any atom is 0.221 e. The minimum Gasteiger partial charge on any atom is -0.326 e. The maximum absolute atomic E-state index is 11.1. The minimum absolute atomic E-state index is 0.0583. The van der Waals surface area contributed by atoms with Crippen LogP contribution >= 0.6 is 23.2 Å². The molecule has 5 heteroatoms. The number of halogens is 2. The summed E-state index contributed by atoms with van der Waals surface area (Å²) in [7, 11) is 0. The number of rotatable bonds is 6. The first-order valence-electron chi connectivity index (χ1n) is 6.87. The lowest BCUT2D eigenvalue weighted by Gasteiger charge is -2.15. The molecule has 1 aromatic carbocycles. The number of alkyl halides is 2. The van der Waals surface area contributed by atoms with Crippen LogP contribution in [0.15, 0.2) is 24.3 Å². The number of amides is 1. The van der Waals surface area contributed by atoms with Crippen LogP contribution in [0.25, 0.3) is 0 Å². The molecule has 3 nitrogen and oxygen atoms in total. The predicted molar refractivity (Wildman–Crippen MR) is 84.3 cm³/mol. The molecule has 2 atom stereocenters. The van der Waals surface area contributed by atoms with E-state index in [1.54, 1.807) is 0 Å². The van der Waals surface area contributed by atoms with Crippen LogP contribution < -0.4 is 10.6 Å². The summed E-state index contributed by atoms with van der Waals surface area (Å²) < 4.78 is -0.490. The van der Waals surface area contributed by atoms with Crippen molar-refractivity contribution in [2.24, 2.45) is 5.92 Å². The molecular formula is C15H20Cl2N2O. The highest BCUT2D eigenvalue weighted by molar-refractivity contribution is 6.50. The van der Waals surface area contributed by atoms with E-state index in [9.17, 15) is 4.79 Å². The lowest BCUT2D eigenvalue weighted by molar-refractivity contribution is -0.114. The molecule has 20 heavy (non-hydrogen) atoms. The van der Waals surface area contributed by atoms with Gasteiger partial charge >= 0.3 is 0 Å². The molecule has 0 radical (unpaired) electrons. The molecule has 1 aromatic rings. The number of nitrogens with one attached hydrogen (secondary N) is 2. The van der Waals surface area contributed by atoms with Gasteiger partial charge in [0, 0.05) is 18.7 Å². The molecule has 0 saturated heterocycles. The van der Waals surface area contributed by atoms with Crippen molar-refractivity contribution in [1.82, 2.24) is 5.32 Å². The summed E-state index contributed by atoms with van der Waals surface area (Å²) in [6, 6.07) is 8.10. The molecule has 0 unspecified atom stereocenters. The van der Waals surface area contributed by atoms with E-state index in [-0.39, 0.29) is 11.9 Å². The first-order chi connectivity index (χ1) is 9.38. The molecule has 0 spiro atoms. The Balaban J connectivity index is 1.82. The number of hydrogen-bond acceptors (Lipinski definition) is 2. The average Bonchev–Trinajstić information content (AvgIpc) is 2.96. The molecule has 2 rings (SSSR count). The molecule has 1 saturated carbocycles. The summed E-state index contributed by atoms with van der Waals surface area (Å²) in [5.41, 5.74) is 1.97. The lowest BCUT2D eigenvalue weighted by Crippen LogP contribution is -2.21. The number of anilines is 1. The fourth-order valence-corrected chi connectivity index (χ4v) is 2.85. The highest BCUT2D eigenvalue weighted by Gasteiger charge is 2.50. The molecule has 1 fully saturated rings. The largest absolute Gasteiger partial charge is 0.326 e. The average molecular weight is 315 g/mol. The van der Waals surface area contributed by atoms with Crippen LogP contribution in [-0.4, -0.2) is 16.8 Å². The van der Waals surface area contributed by atoms with Gasteiger partial charge in [-0.25, -0.2) is 0 Å². The molecule has 0 heterocycles. The fraction of sp³-hybridized carbons (Fsp3) is 0.533. The van der Waals surface area contributed by atoms with Crippen molar-refractivity contribution >= 4 is 34.8 Å². The van der Waals surface area contributed by atoms with E-state index in [2.05, 4.69) is 17.6 Å². The van der Waals surface area contributed by atoms with Crippen molar-refractivity contribution in [1.29, 1.82) is 0 Å². The van der Waals surface area contributed by atoms with Crippen LogP contribution in [0, 0.1) is 5.92 Å². The molecule has 0 aromatic heterocycles. The second kappa shape index (κ2) is 6.33. The van der Waals surface area contributed by atoms with Gasteiger partial charge in [0.05, 0.1) is 0 Å². The second-order valence-corrected chi connectivity index (χ2v) is 6.98. The summed E-state index contributed by atoms with van der Waals surface area (Å²) >= 11 is 12.0. The molecule has 2 N–H and O–H groups in total. The van der Waals surface area contributed by atoms with E-state index < -0.39 is 4.33 Å². The van der Waals surface area contributed by atoms with Crippen molar-refractivity contribution in [2.75, 3.05) is 11.9 Å². The van der Waals surface area contributed by atoms with Crippen LogP contribution in [0.2, 0.25) is 0 Å². The van der Waals surface area contributed by atoms with Gasteiger partial charge in [0.15, 0.2) is 0 Å². The van der Waals surface area contributed by atoms with E-state index >= 15 is 0 Å². The lowest BCUT2D eigenvalue weighted by atomic mass is 10.1. The Morgan fingerprint density at radius 1 is 1.50 bits per heavy atom. The Morgan fingerprint density at radius 3 is 2.80 bits per heavy atom. The van der Waals surface area contributed by atoms with Crippen molar-refractivity contribution in [3.8, 4) is 0 Å². The third-order valence-electron chi connectivity index (χ3n) is 3.61. The van der Waals surface area contributed by atoms with Gasteiger partial charge in [0.1, 0.15) is 4.33 Å². The molecule has 1 amide bonds. The normalized spacial score (nSPS) is 21.3. The zero-order valence-corrected chi connectivity index (χ0v) is 13.3. The Hall–Kier alpha value is -0.770. The van der Waals surface area contributed by atoms with Crippen molar-refractivity contribution in [2.45, 2.75) is 37.1 Å². The van der Waals surface area contributed by atoms with Gasteiger partial charge in [-0.1, -0.05) is 12.1 Å². The first kappa shape index (κ1) is 15.6. The Labute approximate surface area is 130 Å². The molecule has 1 aliphatic carbocycles. The molecule has 0 bridgehead atoms. The van der Waals surface area contributed by atoms with E-state index in [1.807, 2.05) is 24.3 Å². The second-order valence-electron chi connectivity index (χ2n) is 5.43. The van der Waals surface area contributed by atoms with Crippen LogP contribution in [0.3, 0.4) is 0 Å². The molecule has 1 aliphatic rings. The van der Waals surface area contributed by atoms with E-state index in [1.165, 1.54) is 6.92 Å². The number of benzene rings is 1. The first-order valence-corrected chi connectivity index (χ1v) is 7.63. The Kier molecular flexibility index (Phi) is 4.95. The summed E-state index contributed by atoms with van der Waals surface area (Å²) in [5, 5.41) is 6.25. The number of carbonyl (C=O) groups excluding carboxylic acids is 1. The van der Waals surface area contributed by atoms with Crippen molar-refractivity contribution in [3.05, 3.63) is 29.8 Å². The van der Waals surface area contributed by atoms with Crippen LogP contribution in [-0.2, 0) is 4.79 Å². The molecular weight excluding hydrogens is 295 g/mol. The maximum atomic E-state index is 11.1. The third-order valence-corrected chi connectivity index (χ3v) is 4.53. The Bertz CT molecular complexity index is 491. The third kappa shape index (κ3) is 4.37. The van der Waals surface area contributed by atoms with Crippen LogP contribution in [0.5, 0.6) is 0 Å². The van der Waals surface area contributed by atoms with Crippen LogP contribution in [0.4, 0.5) is 5.69 Å². The number of carbonyl (C=O) groups is 1. The number of hydrogen-bond donors (Lipinski definition) is 2. The standard InChI is InChI=1S/C15H20Cl2N2O/c1-10(18-7-6-13-9-15(13,16)17)12-4-3-5-14(8-12)19-11(2)20/h3-5,8,10,13,18H,6-7,9H2,1-2H3,(H,19,20)/t10-,13-/m1/s1. The van der Waals surface area contributed by atoms with Gasteiger partial charge in [-0.15, -0.1) is 23.2 Å². The summed E-state index contributed by atoms with van der Waals surface area (Å²) in [6.07, 6.45) is 1.88. The van der Waals surface area contributed by atoms with E-state index in [4.69, 9.17) is 23.2 Å². The van der Waals surface area contributed by atoms with Crippen LogP contribution in [0.1, 0.15) is 38.3 Å². The zero-order chi connectivity index (χ0) is 14.8.